The Bertz CT molecular complexity index is 1390. The van der Waals surface area contributed by atoms with Gasteiger partial charge in [0.05, 0.1) is 37.2 Å². The maximum absolute atomic E-state index is 13.9. The first-order valence-corrected chi connectivity index (χ1v) is 12.8. The molecule has 0 radical (unpaired) electrons. The van der Waals surface area contributed by atoms with Gasteiger partial charge >= 0.3 is 6.18 Å². The number of nitrogens with zero attached hydrogens (tertiary/aromatic N) is 4. The van der Waals surface area contributed by atoms with E-state index in [1.165, 1.54) is 36.7 Å². The molecule has 0 bridgehead atoms. The van der Waals surface area contributed by atoms with Crippen LogP contribution in [0.4, 0.5) is 18.3 Å². The number of thiazole rings is 1. The summed E-state index contributed by atoms with van der Waals surface area (Å²) in [5, 5.41) is 1.91. The third kappa shape index (κ3) is 5.51. The highest BCUT2D eigenvalue weighted by Gasteiger charge is 2.39. The van der Waals surface area contributed by atoms with Gasteiger partial charge in [-0.2, -0.15) is 17.5 Å². The normalized spacial score (nSPS) is 14.8. The van der Waals surface area contributed by atoms with E-state index in [2.05, 4.69) is 20.3 Å². The predicted molar refractivity (Wildman–Crippen MR) is 125 cm³/mol. The van der Waals surface area contributed by atoms with Gasteiger partial charge in [0, 0.05) is 13.1 Å². The maximum Gasteiger partial charge on any atom is 0.434 e. The molecule has 1 N–H and O–H groups in total. The molecule has 0 saturated carbocycles. The van der Waals surface area contributed by atoms with Gasteiger partial charge in [0.2, 0.25) is 21.8 Å². The molecule has 1 fully saturated rings. The molecule has 16 heteroatoms. The average Bonchev–Trinajstić information content (AvgIpc) is 3.33. The molecule has 11 nitrogen and oxygen atoms in total. The topological polar surface area (TPSA) is 133 Å². The fraction of sp³-hybridized carbons (Fsp3) is 0.333. The van der Waals surface area contributed by atoms with Crippen LogP contribution in [0.25, 0.3) is 10.4 Å². The van der Waals surface area contributed by atoms with Crippen molar-refractivity contribution in [3.8, 4) is 22.2 Å². The number of morpholine rings is 1. The standard InChI is InChI=1S/C21H20F3N5O6S2/c1-33-18-14(19(34-2)26-11-25-18)17(30)28-20-27-16(21(22,23)24)15(36-20)12-4-3-5-13(10-12)37(31,32)29-6-8-35-9-7-29/h3-5,10-11H,6-9H2,1-2H3,(H,27,28,30). The van der Waals surface area contributed by atoms with Gasteiger partial charge in [-0.15, -0.1) is 0 Å². The van der Waals surface area contributed by atoms with Gasteiger partial charge < -0.3 is 14.2 Å². The Balaban J connectivity index is 1.72. The second-order valence-electron chi connectivity index (χ2n) is 7.46. The number of aromatic nitrogens is 3. The zero-order valence-electron chi connectivity index (χ0n) is 19.4. The average molecular weight is 560 g/mol. The van der Waals surface area contributed by atoms with E-state index < -0.39 is 27.8 Å². The van der Waals surface area contributed by atoms with Crippen molar-refractivity contribution in [2.24, 2.45) is 0 Å². The minimum absolute atomic E-state index is 0.0298. The Labute approximate surface area is 213 Å². The number of rotatable bonds is 7. The van der Waals surface area contributed by atoms with Crippen molar-refractivity contribution in [1.82, 2.24) is 19.3 Å². The van der Waals surface area contributed by atoms with Crippen LogP contribution in [0.5, 0.6) is 11.8 Å². The van der Waals surface area contributed by atoms with E-state index in [-0.39, 0.29) is 64.1 Å². The van der Waals surface area contributed by atoms with E-state index in [0.717, 1.165) is 12.4 Å². The number of sulfonamides is 1. The highest BCUT2D eigenvalue weighted by atomic mass is 32.2. The van der Waals surface area contributed by atoms with Crippen molar-refractivity contribution < 1.29 is 40.6 Å². The number of hydrogen-bond acceptors (Lipinski definition) is 10. The summed E-state index contributed by atoms with van der Waals surface area (Å²) in [6.45, 7) is 0.703. The Morgan fingerprint density at radius 3 is 2.38 bits per heavy atom. The number of carbonyl (C=O) groups excluding carboxylic acids is 1. The number of amides is 1. The van der Waals surface area contributed by atoms with Crippen LogP contribution in [-0.4, -0.2) is 74.1 Å². The predicted octanol–water partition coefficient (Wildman–Crippen LogP) is 2.91. The van der Waals surface area contributed by atoms with Crippen LogP contribution in [0, 0.1) is 0 Å². The molecule has 198 valence electrons. The van der Waals surface area contributed by atoms with E-state index in [9.17, 15) is 26.4 Å². The highest BCUT2D eigenvalue weighted by Crippen LogP contribution is 2.43. The third-order valence-electron chi connectivity index (χ3n) is 5.21. The fourth-order valence-electron chi connectivity index (χ4n) is 3.51. The lowest BCUT2D eigenvalue weighted by Gasteiger charge is -2.26. The largest absolute Gasteiger partial charge is 0.480 e. The summed E-state index contributed by atoms with van der Waals surface area (Å²) in [7, 11) is -1.46. The number of hydrogen-bond donors (Lipinski definition) is 1. The summed E-state index contributed by atoms with van der Waals surface area (Å²) in [6.07, 6.45) is -3.80. The Morgan fingerprint density at radius 2 is 1.78 bits per heavy atom. The molecule has 1 amide bonds. The number of anilines is 1. The molecule has 0 aliphatic carbocycles. The van der Waals surface area contributed by atoms with Gasteiger partial charge in [-0.3, -0.25) is 10.1 Å². The molecule has 37 heavy (non-hydrogen) atoms. The zero-order chi connectivity index (χ0) is 26.8. The van der Waals surface area contributed by atoms with Crippen LogP contribution in [-0.2, 0) is 20.9 Å². The first kappa shape index (κ1) is 26.7. The molecule has 3 heterocycles. The zero-order valence-corrected chi connectivity index (χ0v) is 21.0. The molecule has 1 aliphatic rings. The molecule has 2 aromatic heterocycles. The lowest BCUT2D eigenvalue weighted by molar-refractivity contribution is -0.140. The van der Waals surface area contributed by atoms with Crippen molar-refractivity contribution in [3.05, 3.63) is 41.9 Å². The Morgan fingerprint density at radius 1 is 1.14 bits per heavy atom. The molecule has 4 rings (SSSR count). The van der Waals surface area contributed by atoms with Crippen LogP contribution in [0.15, 0.2) is 35.5 Å². The molecule has 0 atom stereocenters. The monoisotopic (exact) mass is 559 g/mol. The van der Waals surface area contributed by atoms with Gasteiger partial charge in [0.1, 0.15) is 6.33 Å². The van der Waals surface area contributed by atoms with Crippen molar-refractivity contribution in [3.63, 3.8) is 0 Å². The SMILES string of the molecule is COc1ncnc(OC)c1C(=O)Nc1nc(C(F)(F)F)c(-c2cccc(S(=O)(=O)N3CCOCC3)c2)s1. The number of alkyl halides is 3. The van der Waals surface area contributed by atoms with Crippen molar-refractivity contribution in [1.29, 1.82) is 0 Å². The summed E-state index contributed by atoms with van der Waals surface area (Å²) in [6, 6.07) is 5.14. The van der Waals surface area contributed by atoms with Gasteiger partial charge in [0.25, 0.3) is 5.91 Å². The molecule has 1 aromatic carbocycles. The lowest BCUT2D eigenvalue weighted by Crippen LogP contribution is -2.40. The van der Waals surface area contributed by atoms with Crippen LogP contribution in [0.1, 0.15) is 16.1 Å². The minimum atomic E-state index is -4.89. The van der Waals surface area contributed by atoms with E-state index in [4.69, 9.17) is 14.2 Å². The van der Waals surface area contributed by atoms with Crippen LogP contribution in [0.2, 0.25) is 0 Å². The second kappa shape index (κ2) is 10.6. The van der Waals surface area contributed by atoms with Crippen molar-refractivity contribution in [2.75, 3.05) is 45.8 Å². The number of ether oxygens (including phenoxy) is 3. The number of nitrogens with one attached hydrogen (secondary N) is 1. The summed E-state index contributed by atoms with van der Waals surface area (Å²) in [5.74, 6) is -1.22. The van der Waals surface area contributed by atoms with Crippen LogP contribution >= 0.6 is 11.3 Å². The number of carbonyl (C=O) groups is 1. The van der Waals surface area contributed by atoms with Crippen LogP contribution in [0.3, 0.4) is 0 Å². The van der Waals surface area contributed by atoms with E-state index in [0.29, 0.717) is 11.3 Å². The Hall–Kier alpha value is -3.34. The molecule has 0 spiro atoms. The minimum Gasteiger partial charge on any atom is -0.480 e. The number of halogens is 3. The van der Waals surface area contributed by atoms with Crippen molar-refractivity contribution in [2.45, 2.75) is 11.1 Å². The summed E-state index contributed by atoms with van der Waals surface area (Å²) in [5.41, 5.74) is -1.55. The second-order valence-corrected chi connectivity index (χ2v) is 10.4. The Kier molecular flexibility index (Phi) is 7.63. The summed E-state index contributed by atoms with van der Waals surface area (Å²) >= 11 is 0.530. The van der Waals surface area contributed by atoms with Gasteiger partial charge in [-0.1, -0.05) is 23.5 Å². The van der Waals surface area contributed by atoms with E-state index in [1.807, 2.05) is 0 Å². The van der Waals surface area contributed by atoms with E-state index in [1.54, 1.807) is 0 Å². The molecule has 3 aromatic rings. The lowest BCUT2D eigenvalue weighted by atomic mass is 10.1. The van der Waals surface area contributed by atoms with Crippen molar-refractivity contribution >= 4 is 32.4 Å². The molecular formula is C21H20F3N5O6S2. The highest BCUT2D eigenvalue weighted by molar-refractivity contribution is 7.89. The molecular weight excluding hydrogens is 539 g/mol. The van der Waals surface area contributed by atoms with Gasteiger partial charge in [-0.05, 0) is 17.7 Å². The maximum atomic E-state index is 13.9. The molecule has 1 aliphatic heterocycles. The van der Waals surface area contributed by atoms with Gasteiger partial charge in [-0.25, -0.2) is 23.4 Å². The molecule has 0 unspecified atom stereocenters. The van der Waals surface area contributed by atoms with E-state index >= 15 is 0 Å². The van der Waals surface area contributed by atoms with Gasteiger partial charge in [0.15, 0.2) is 16.4 Å². The van der Waals surface area contributed by atoms with Crippen LogP contribution < -0.4 is 14.8 Å². The first-order valence-electron chi connectivity index (χ1n) is 10.6. The number of benzene rings is 1. The smallest absolute Gasteiger partial charge is 0.434 e. The summed E-state index contributed by atoms with van der Waals surface area (Å²) in [4.78, 5) is 23.5. The fourth-order valence-corrected chi connectivity index (χ4v) is 5.94. The summed E-state index contributed by atoms with van der Waals surface area (Å²) < 4.78 is 84.2. The third-order valence-corrected chi connectivity index (χ3v) is 8.13. The number of methoxy groups -OCH3 is 2. The quantitative estimate of drug-likeness (QED) is 0.464. The first-order chi connectivity index (χ1) is 17.6. The molecule has 1 saturated heterocycles.